The van der Waals surface area contributed by atoms with Gasteiger partial charge in [-0.1, -0.05) is 25.5 Å². The average Bonchev–Trinajstić information content (AvgIpc) is 2.80. The second kappa shape index (κ2) is 14.6. The largest absolute Gasteiger partial charge is 0.494 e. The van der Waals surface area contributed by atoms with Crippen molar-refractivity contribution in [3.05, 3.63) is 29.8 Å². The Labute approximate surface area is 222 Å². The molecule has 1 fully saturated rings. The quantitative estimate of drug-likeness (QED) is 0.331. The van der Waals surface area contributed by atoms with Crippen LogP contribution < -0.4 is 9.46 Å². The van der Waals surface area contributed by atoms with E-state index in [4.69, 9.17) is 9.47 Å². The maximum Gasteiger partial charge on any atom is 0.410 e. The van der Waals surface area contributed by atoms with Crippen molar-refractivity contribution in [1.29, 1.82) is 0 Å². The number of carbonyl (C=O) groups excluding carboxylic acids is 1. The fraction of sp³-hybridized carbons (Fsp3) is 0.704. The van der Waals surface area contributed by atoms with Crippen molar-refractivity contribution in [3.8, 4) is 5.75 Å². The van der Waals surface area contributed by atoms with E-state index in [1.165, 1.54) is 0 Å². The van der Waals surface area contributed by atoms with Gasteiger partial charge in [0.05, 0.1) is 18.8 Å². The number of carbonyl (C=O) groups is 2. The number of unbranched alkanes of at least 4 members (excludes halogenated alkanes) is 1. The number of rotatable bonds is 14. The molecular weight excluding hydrogens is 496 g/mol. The number of benzene rings is 1. The van der Waals surface area contributed by atoms with E-state index < -0.39 is 27.6 Å². The number of likely N-dealkylation sites (tertiary alicyclic amines) is 1. The monoisotopic (exact) mass is 540 g/mol. The van der Waals surface area contributed by atoms with Gasteiger partial charge in [0.1, 0.15) is 11.4 Å². The van der Waals surface area contributed by atoms with Gasteiger partial charge < -0.3 is 19.5 Å². The summed E-state index contributed by atoms with van der Waals surface area (Å²) in [7, 11) is -3.52. The predicted octanol–water partition coefficient (Wildman–Crippen LogP) is 4.60. The molecule has 0 saturated carbocycles. The van der Waals surface area contributed by atoms with Crippen molar-refractivity contribution in [2.24, 2.45) is 5.92 Å². The molecule has 1 aromatic rings. The van der Waals surface area contributed by atoms with Crippen molar-refractivity contribution < 1.29 is 32.6 Å². The Morgan fingerprint density at radius 1 is 1.14 bits per heavy atom. The number of piperidine rings is 1. The molecule has 2 N–H and O–H groups in total. The molecule has 0 spiro atoms. The number of nitrogens with one attached hydrogen (secondary N) is 1. The molecule has 1 amide bonds. The maximum atomic E-state index is 12.2. The van der Waals surface area contributed by atoms with E-state index in [2.05, 4.69) is 4.72 Å². The minimum atomic E-state index is -3.52. The van der Waals surface area contributed by atoms with Crippen molar-refractivity contribution >= 4 is 22.1 Å². The molecule has 1 aromatic carbocycles. The van der Waals surface area contributed by atoms with Crippen LogP contribution in [0.2, 0.25) is 0 Å². The van der Waals surface area contributed by atoms with Gasteiger partial charge in [-0.3, -0.25) is 4.79 Å². The van der Waals surface area contributed by atoms with E-state index in [9.17, 15) is 23.1 Å². The standard InChI is InChI=1S/C27H44N2O7S/c1-5-6-18-37(33,34)28-23(20-25(30)31)19-22-9-11-24(12-10-22)35-17-7-8-21-13-15-29(16-14-21)26(32)36-27(2,3)4/h9-12,21,23,28H,5-8,13-20H2,1-4H3,(H,30,31)/t23-/m0/s1. The van der Waals surface area contributed by atoms with Gasteiger partial charge in [0.15, 0.2) is 0 Å². The van der Waals surface area contributed by atoms with Crippen LogP contribution in [-0.2, 0) is 26.0 Å². The molecule has 210 valence electrons. The first-order valence-electron chi connectivity index (χ1n) is 13.3. The molecule has 0 bridgehead atoms. The first-order valence-corrected chi connectivity index (χ1v) is 14.9. The molecule has 0 radical (unpaired) electrons. The highest BCUT2D eigenvalue weighted by atomic mass is 32.2. The number of hydrogen-bond acceptors (Lipinski definition) is 6. The third-order valence-corrected chi connectivity index (χ3v) is 7.75. The lowest BCUT2D eigenvalue weighted by atomic mass is 9.92. The summed E-state index contributed by atoms with van der Waals surface area (Å²) in [5.74, 6) is 0.243. The summed E-state index contributed by atoms with van der Waals surface area (Å²) >= 11 is 0. The summed E-state index contributed by atoms with van der Waals surface area (Å²) in [5.41, 5.74) is 0.364. The van der Waals surface area contributed by atoms with Crippen LogP contribution in [0.1, 0.15) is 78.2 Å². The van der Waals surface area contributed by atoms with Gasteiger partial charge in [-0.2, -0.15) is 0 Å². The van der Waals surface area contributed by atoms with Crippen LogP contribution in [0, 0.1) is 5.92 Å². The number of amides is 1. The second-order valence-corrected chi connectivity index (χ2v) is 12.7. The second-order valence-electron chi connectivity index (χ2n) is 10.8. The minimum absolute atomic E-state index is 0.00471. The van der Waals surface area contributed by atoms with Crippen molar-refractivity contribution in [2.45, 2.75) is 90.7 Å². The van der Waals surface area contributed by atoms with Crippen LogP contribution in [0.15, 0.2) is 24.3 Å². The molecule has 0 aromatic heterocycles. The van der Waals surface area contributed by atoms with Crippen LogP contribution in [0.25, 0.3) is 0 Å². The number of carboxylic acid groups (broad SMARTS) is 1. The van der Waals surface area contributed by atoms with E-state index in [-0.39, 0.29) is 18.3 Å². The fourth-order valence-corrected chi connectivity index (χ4v) is 5.77. The number of sulfonamides is 1. The van der Waals surface area contributed by atoms with Gasteiger partial charge in [0.2, 0.25) is 10.0 Å². The number of nitrogens with zero attached hydrogens (tertiary/aromatic N) is 1. The van der Waals surface area contributed by atoms with Crippen LogP contribution in [0.3, 0.4) is 0 Å². The summed E-state index contributed by atoms with van der Waals surface area (Å²) in [5, 5.41) is 9.19. The predicted molar refractivity (Wildman–Crippen MR) is 143 cm³/mol. The molecule has 0 unspecified atom stereocenters. The van der Waals surface area contributed by atoms with Gasteiger partial charge in [0.25, 0.3) is 0 Å². The number of hydrogen-bond donors (Lipinski definition) is 2. The summed E-state index contributed by atoms with van der Waals surface area (Å²) in [6, 6.07) is 6.65. The normalized spacial score (nSPS) is 15.8. The lowest BCUT2D eigenvalue weighted by Gasteiger charge is -2.33. The smallest absolute Gasteiger partial charge is 0.410 e. The first kappa shape index (κ1) is 30.9. The lowest BCUT2D eigenvalue weighted by molar-refractivity contribution is -0.137. The highest BCUT2D eigenvalue weighted by molar-refractivity contribution is 7.89. The molecule has 1 atom stereocenters. The Morgan fingerprint density at radius 2 is 1.78 bits per heavy atom. The number of carboxylic acids is 1. The van der Waals surface area contributed by atoms with Crippen molar-refractivity contribution in [1.82, 2.24) is 9.62 Å². The fourth-order valence-electron chi connectivity index (χ4n) is 4.31. The highest BCUT2D eigenvalue weighted by Crippen LogP contribution is 2.24. The van der Waals surface area contributed by atoms with Crippen molar-refractivity contribution in [3.63, 3.8) is 0 Å². The first-order chi connectivity index (χ1) is 17.4. The topological polar surface area (TPSA) is 122 Å². The van der Waals surface area contributed by atoms with E-state index in [1.807, 2.05) is 52.0 Å². The Kier molecular flexibility index (Phi) is 12.2. The molecule has 1 heterocycles. The Hall–Kier alpha value is -2.33. The van der Waals surface area contributed by atoms with E-state index in [0.29, 0.717) is 25.4 Å². The van der Waals surface area contributed by atoms with Gasteiger partial charge in [0, 0.05) is 19.1 Å². The zero-order chi connectivity index (χ0) is 27.5. The number of ether oxygens (including phenoxy) is 2. The Bertz CT molecular complexity index is 950. The van der Waals surface area contributed by atoms with Crippen LogP contribution in [0.5, 0.6) is 5.75 Å². The minimum Gasteiger partial charge on any atom is -0.494 e. The summed E-state index contributed by atoms with van der Waals surface area (Å²) in [4.78, 5) is 25.2. The van der Waals surface area contributed by atoms with Crippen molar-refractivity contribution in [2.75, 3.05) is 25.4 Å². The summed E-state index contributed by atoms with van der Waals surface area (Å²) < 4.78 is 38.3. The van der Waals surface area contributed by atoms with Gasteiger partial charge in [-0.05, 0) is 82.9 Å². The molecule has 2 rings (SSSR count). The van der Waals surface area contributed by atoms with Gasteiger partial charge in [-0.15, -0.1) is 0 Å². The van der Waals surface area contributed by atoms with Crippen LogP contribution >= 0.6 is 0 Å². The van der Waals surface area contributed by atoms with Gasteiger partial charge in [-0.25, -0.2) is 17.9 Å². The summed E-state index contributed by atoms with van der Waals surface area (Å²) in [6.07, 6.45) is 4.95. The summed E-state index contributed by atoms with van der Waals surface area (Å²) in [6.45, 7) is 9.57. The van der Waals surface area contributed by atoms with Crippen LogP contribution in [-0.4, -0.2) is 67.6 Å². The molecule has 0 aliphatic carbocycles. The highest BCUT2D eigenvalue weighted by Gasteiger charge is 2.26. The third-order valence-electron chi connectivity index (χ3n) is 6.23. The SMILES string of the molecule is CCCCS(=O)(=O)N[C@H](CC(=O)O)Cc1ccc(OCCCC2CCN(C(=O)OC(C)(C)C)CC2)cc1. The third kappa shape index (κ3) is 12.6. The molecule has 1 saturated heterocycles. The van der Waals surface area contributed by atoms with Crippen LogP contribution in [0.4, 0.5) is 4.79 Å². The maximum absolute atomic E-state index is 12.2. The van der Waals surface area contributed by atoms with E-state index >= 15 is 0 Å². The van der Waals surface area contributed by atoms with E-state index in [0.717, 1.165) is 56.5 Å². The Morgan fingerprint density at radius 3 is 2.35 bits per heavy atom. The lowest BCUT2D eigenvalue weighted by Crippen LogP contribution is -2.41. The number of aliphatic carboxylic acids is 1. The Balaban J connectivity index is 1.73. The molecule has 1 aliphatic heterocycles. The zero-order valence-corrected chi connectivity index (χ0v) is 23.5. The van der Waals surface area contributed by atoms with Gasteiger partial charge >= 0.3 is 12.1 Å². The molecule has 9 nitrogen and oxygen atoms in total. The average molecular weight is 541 g/mol. The molecule has 10 heteroatoms. The molecule has 1 aliphatic rings. The molecular formula is C27H44N2O7S. The zero-order valence-electron chi connectivity index (χ0n) is 22.7. The van der Waals surface area contributed by atoms with E-state index in [1.54, 1.807) is 4.90 Å². The molecule has 37 heavy (non-hydrogen) atoms.